The highest BCUT2D eigenvalue weighted by molar-refractivity contribution is 5.85. The molecule has 2 aromatic heterocycles. The molecule has 2 aromatic rings. The lowest BCUT2D eigenvalue weighted by molar-refractivity contribution is 0.597. The average molecular weight is 298 g/mol. The van der Waals surface area contributed by atoms with Crippen LogP contribution in [0.4, 0.5) is 0 Å². The van der Waals surface area contributed by atoms with Gasteiger partial charge in [-0.2, -0.15) is 10.2 Å². The number of aryl methyl sites for hydroxylation is 3. The standard InChI is InChI=1S/C14H23N5.ClH/c1-5-6-19-10-14(11(2)17-19)8-15-7-13-9-16-18(4)12(13)3;/h9-10,15H,5-8H2,1-4H3;1H. The van der Waals surface area contributed by atoms with Gasteiger partial charge in [0.1, 0.15) is 0 Å². The zero-order chi connectivity index (χ0) is 13.8. The summed E-state index contributed by atoms with van der Waals surface area (Å²) >= 11 is 0. The molecule has 0 fully saturated rings. The van der Waals surface area contributed by atoms with E-state index in [1.807, 2.05) is 22.6 Å². The Morgan fingerprint density at radius 3 is 2.50 bits per heavy atom. The number of nitrogens with zero attached hydrogens (tertiary/aromatic N) is 4. The molecule has 2 rings (SSSR count). The third kappa shape index (κ3) is 3.84. The van der Waals surface area contributed by atoms with Crippen LogP contribution >= 0.6 is 12.4 Å². The van der Waals surface area contributed by atoms with Crippen molar-refractivity contribution in [1.82, 2.24) is 24.9 Å². The summed E-state index contributed by atoms with van der Waals surface area (Å²) in [5.41, 5.74) is 4.85. The molecule has 0 bridgehead atoms. The Kier molecular flexibility index (Phi) is 6.23. The summed E-state index contributed by atoms with van der Waals surface area (Å²) in [7, 11) is 1.97. The molecule has 0 spiro atoms. The van der Waals surface area contributed by atoms with Gasteiger partial charge in [-0.05, 0) is 20.3 Å². The molecule has 0 radical (unpaired) electrons. The second kappa shape index (κ2) is 7.45. The second-order valence-corrected chi connectivity index (χ2v) is 4.99. The summed E-state index contributed by atoms with van der Waals surface area (Å²) in [6.45, 7) is 9.01. The van der Waals surface area contributed by atoms with Gasteiger partial charge >= 0.3 is 0 Å². The lowest BCUT2D eigenvalue weighted by atomic mass is 10.2. The number of halogens is 1. The first-order valence-electron chi connectivity index (χ1n) is 6.83. The molecule has 112 valence electrons. The van der Waals surface area contributed by atoms with Gasteiger partial charge in [0.05, 0.1) is 11.9 Å². The van der Waals surface area contributed by atoms with Crippen LogP contribution in [0.2, 0.25) is 0 Å². The molecule has 0 saturated carbocycles. The minimum atomic E-state index is 0. The van der Waals surface area contributed by atoms with E-state index in [9.17, 15) is 0 Å². The van der Waals surface area contributed by atoms with Gasteiger partial charge in [-0.15, -0.1) is 12.4 Å². The van der Waals surface area contributed by atoms with Gasteiger partial charge in [0.25, 0.3) is 0 Å². The first kappa shape index (κ1) is 16.7. The fourth-order valence-corrected chi connectivity index (χ4v) is 2.13. The van der Waals surface area contributed by atoms with Crippen molar-refractivity contribution in [2.75, 3.05) is 0 Å². The summed E-state index contributed by atoms with van der Waals surface area (Å²) in [6.07, 6.45) is 5.18. The van der Waals surface area contributed by atoms with Crippen LogP contribution in [0.25, 0.3) is 0 Å². The molecule has 5 nitrogen and oxygen atoms in total. The van der Waals surface area contributed by atoms with E-state index < -0.39 is 0 Å². The highest BCUT2D eigenvalue weighted by Crippen LogP contribution is 2.08. The van der Waals surface area contributed by atoms with Crippen LogP contribution < -0.4 is 5.32 Å². The van der Waals surface area contributed by atoms with Crippen LogP contribution in [-0.2, 0) is 26.7 Å². The van der Waals surface area contributed by atoms with Crippen molar-refractivity contribution in [3.63, 3.8) is 0 Å². The van der Waals surface area contributed by atoms with Gasteiger partial charge in [-0.3, -0.25) is 9.36 Å². The Balaban J connectivity index is 0.00000200. The Morgan fingerprint density at radius 1 is 1.20 bits per heavy atom. The summed E-state index contributed by atoms with van der Waals surface area (Å²) in [5, 5.41) is 12.2. The minimum absolute atomic E-state index is 0. The maximum absolute atomic E-state index is 4.51. The van der Waals surface area contributed by atoms with Crippen molar-refractivity contribution < 1.29 is 0 Å². The molecule has 1 N–H and O–H groups in total. The molecule has 0 aromatic carbocycles. The van der Waals surface area contributed by atoms with Crippen molar-refractivity contribution >= 4 is 12.4 Å². The van der Waals surface area contributed by atoms with E-state index in [0.717, 1.165) is 31.7 Å². The third-order valence-electron chi connectivity index (χ3n) is 3.47. The minimum Gasteiger partial charge on any atom is -0.308 e. The largest absolute Gasteiger partial charge is 0.308 e. The van der Waals surface area contributed by atoms with Gasteiger partial charge in [0.2, 0.25) is 0 Å². The number of hydrogen-bond acceptors (Lipinski definition) is 3. The van der Waals surface area contributed by atoms with E-state index in [1.54, 1.807) is 0 Å². The molecule has 0 unspecified atom stereocenters. The molecule has 0 aliphatic heterocycles. The fraction of sp³-hybridized carbons (Fsp3) is 0.571. The van der Waals surface area contributed by atoms with Crippen molar-refractivity contribution in [1.29, 1.82) is 0 Å². The lowest BCUT2D eigenvalue weighted by Crippen LogP contribution is -2.13. The predicted molar refractivity (Wildman–Crippen MR) is 83.0 cm³/mol. The molecule has 0 aliphatic carbocycles. The van der Waals surface area contributed by atoms with Crippen molar-refractivity contribution in [2.24, 2.45) is 7.05 Å². The van der Waals surface area contributed by atoms with E-state index in [4.69, 9.17) is 0 Å². The van der Waals surface area contributed by atoms with E-state index in [1.165, 1.54) is 16.8 Å². The summed E-state index contributed by atoms with van der Waals surface area (Å²) in [6, 6.07) is 0. The second-order valence-electron chi connectivity index (χ2n) is 4.99. The molecule has 2 heterocycles. The van der Waals surface area contributed by atoms with E-state index in [0.29, 0.717) is 0 Å². The highest BCUT2D eigenvalue weighted by atomic mass is 35.5. The molecule has 0 amide bonds. The molecule has 0 aliphatic rings. The van der Waals surface area contributed by atoms with Gasteiger partial charge in [-0.25, -0.2) is 0 Å². The zero-order valence-electron chi connectivity index (χ0n) is 12.7. The Morgan fingerprint density at radius 2 is 1.90 bits per heavy atom. The SMILES string of the molecule is CCCn1cc(CNCc2cnn(C)c2C)c(C)n1.Cl. The topological polar surface area (TPSA) is 47.7 Å². The highest BCUT2D eigenvalue weighted by Gasteiger charge is 2.06. The van der Waals surface area contributed by atoms with Crippen LogP contribution in [0.15, 0.2) is 12.4 Å². The monoisotopic (exact) mass is 297 g/mol. The number of nitrogens with one attached hydrogen (secondary N) is 1. The average Bonchev–Trinajstić information content (AvgIpc) is 2.87. The van der Waals surface area contributed by atoms with Crippen LogP contribution in [0.5, 0.6) is 0 Å². The van der Waals surface area contributed by atoms with Crippen molar-refractivity contribution in [3.05, 3.63) is 34.9 Å². The van der Waals surface area contributed by atoms with Crippen LogP contribution in [-0.4, -0.2) is 19.6 Å². The molecule has 6 heteroatoms. The molecule has 0 atom stereocenters. The maximum Gasteiger partial charge on any atom is 0.0638 e. The van der Waals surface area contributed by atoms with Crippen molar-refractivity contribution in [3.8, 4) is 0 Å². The van der Waals surface area contributed by atoms with Gasteiger partial charge in [0.15, 0.2) is 0 Å². The fourth-order valence-electron chi connectivity index (χ4n) is 2.13. The quantitative estimate of drug-likeness (QED) is 0.890. The van der Waals surface area contributed by atoms with E-state index in [2.05, 4.69) is 42.5 Å². The Bertz CT molecular complexity index is 544. The number of hydrogen-bond donors (Lipinski definition) is 1. The lowest BCUT2D eigenvalue weighted by Gasteiger charge is -2.03. The normalized spacial score (nSPS) is 10.6. The smallest absolute Gasteiger partial charge is 0.0638 e. The molecular formula is C14H24ClN5. The Hall–Kier alpha value is -1.33. The summed E-state index contributed by atoms with van der Waals surface area (Å²) in [5.74, 6) is 0. The molecule has 20 heavy (non-hydrogen) atoms. The van der Waals surface area contributed by atoms with Crippen LogP contribution in [0, 0.1) is 13.8 Å². The summed E-state index contributed by atoms with van der Waals surface area (Å²) < 4.78 is 3.93. The molecule has 0 saturated heterocycles. The van der Waals surface area contributed by atoms with Crippen molar-refractivity contribution in [2.45, 2.75) is 46.8 Å². The molecular weight excluding hydrogens is 274 g/mol. The first-order chi connectivity index (χ1) is 9.11. The number of aromatic nitrogens is 4. The zero-order valence-corrected chi connectivity index (χ0v) is 13.5. The third-order valence-corrected chi connectivity index (χ3v) is 3.47. The van der Waals surface area contributed by atoms with E-state index >= 15 is 0 Å². The van der Waals surface area contributed by atoms with Gasteiger partial charge in [0, 0.05) is 49.7 Å². The van der Waals surface area contributed by atoms with Gasteiger partial charge in [-0.1, -0.05) is 6.92 Å². The van der Waals surface area contributed by atoms with Gasteiger partial charge < -0.3 is 5.32 Å². The maximum atomic E-state index is 4.51. The van der Waals surface area contributed by atoms with E-state index in [-0.39, 0.29) is 12.4 Å². The van der Waals surface area contributed by atoms with Crippen LogP contribution in [0.1, 0.15) is 35.9 Å². The predicted octanol–water partition coefficient (Wildman–Crippen LogP) is 2.36. The number of rotatable bonds is 6. The first-order valence-corrected chi connectivity index (χ1v) is 6.83. The van der Waals surface area contributed by atoms with Crippen LogP contribution in [0.3, 0.4) is 0 Å². The Labute approximate surface area is 126 Å². The summed E-state index contributed by atoms with van der Waals surface area (Å²) in [4.78, 5) is 0.